The summed E-state index contributed by atoms with van der Waals surface area (Å²) in [6.07, 6.45) is 0. The topological polar surface area (TPSA) is 59.4 Å². The molecule has 5 heteroatoms. The minimum atomic E-state index is -0.994. The predicted octanol–water partition coefficient (Wildman–Crippen LogP) is 3.43. The number of ether oxygens (including phenoxy) is 1. The average molecular weight is 322 g/mol. The Kier molecular flexibility index (Phi) is 4.16. The molecule has 0 bridgehead atoms. The van der Waals surface area contributed by atoms with Gasteiger partial charge in [-0.3, -0.25) is 4.98 Å². The van der Waals surface area contributed by atoms with Crippen LogP contribution in [0.25, 0.3) is 0 Å². The molecule has 2 aromatic rings. The van der Waals surface area contributed by atoms with Gasteiger partial charge in [-0.2, -0.15) is 0 Å². The SMILES string of the molecule is Cc1cccc(COc2ccc(Br)c(C(=O)O)c2)n1. The highest BCUT2D eigenvalue weighted by Gasteiger charge is 2.09. The number of carboxylic acids is 1. The van der Waals surface area contributed by atoms with Crippen molar-refractivity contribution >= 4 is 21.9 Å². The van der Waals surface area contributed by atoms with Crippen LogP contribution in [0.4, 0.5) is 0 Å². The highest BCUT2D eigenvalue weighted by atomic mass is 79.9. The zero-order valence-electron chi connectivity index (χ0n) is 10.3. The first kappa shape index (κ1) is 13.5. The van der Waals surface area contributed by atoms with Crippen molar-refractivity contribution in [3.63, 3.8) is 0 Å². The summed E-state index contributed by atoms with van der Waals surface area (Å²) in [7, 11) is 0. The molecule has 0 radical (unpaired) electrons. The minimum Gasteiger partial charge on any atom is -0.487 e. The molecule has 4 nitrogen and oxygen atoms in total. The molecule has 1 aromatic carbocycles. The number of nitrogens with zero attached hydrogens (tertiary/aromatic N) is 1. The third kappa shape index (κ3) is 3.54. The summed E-state index contributed by atoms with van der Waals surface area (Å²) < 4.78 is 6.07. The van der Waals surface area contributed by atoms with Crippen molar-refractivity contribution in [1.29, 1.82) is 0 Å². The number of benzene rings is 1. The smallest absolute Gasteiger partial charge is 0.336 e. The maximum Gasteiger partial charge on any atom is 0.336 e. The molecule has 0 fully saturated rings. The lowest BCUT2D eigenvalue weighted by Crippen LogP contribution is -2.02. The standard InChI is InChI=1S/C14H12BrNO3/c1-9-3-2-4-10(16-9)8-19-11-5-6-13(15)12(7-11)14(17)18/h2-7H,8H2,1H3,(H,17,18). The fourth-order valence-corrected chi connectivity index (χ4v) is 2.01. The maximum absolute atomic E-state index is 11.0. The van der Waals surface area contributed by atoms with E-state index in [1.807, 2.05) is 25.1 Å². The van der Waals surface area contributed by atoms with Gasteiger partial charge in [0.2, 0.25) is 0 Å². The number of carbonyl (C=O) groups is 1. The normalized spacial score (nSPS) is 10.2. The summed E-state index contributed by atoms with van der Waals surface area (Å²) in [5, 5.41) is 9.01. The number of aromatic carboxylic acids is 1. The van der Waals surface area contributed by atoms with Crippen LogP contribution < -0.4 is 4.74 Å². The fraction of sp³-hybridized carbons (Fsp3) is 0.143. The number of aryl methyl sites for hydroxylation is 1. The van der Waals surface area contributed by atoms with E-state index in [4.69, 9.17) is 9.84 Å². The van der Waals surface area contributed by atoms with E-state index in [1.165, 1.54) is 6.07 Å². The molecule has 0 amide bonds. The predicted molar refractivity (Wildman–Crippen MR) is 74.4 cm³/mol. The first-order valence-corrected chi connectivity index (χ1v) is 6.44. The molecule has 0 spiro atoms. The summed E-state index contributed by atoms with van der Waals surface area (Å²) in [6.45, 7) is 2.22. The second-order valence-corrected chi connectivity index (χ2v) is 4.86. The summed E-state index contributed by atoms with van der Waals surface area (Å²) in [5.74, 6) is -0.491. The van der Waals surface area contributed by atoms with Crippen LogP contribution in [0.15, 0.2) is 40.9 Å². The Bertz CT molecular complexity index is 613. The third-order valence-electron chi connectivity index (χ3n) is 2.50. The lowest BCUT2D eigenvalue weighted by Gasteiger charge is -2.08. The Hall–Kier alpha value is -1.88. The Morgan fingerprint density at radius 2 is 2.16 bits per heavy atom. The molecule has 0 aliphatic heterocycles. The van der Waals surface area contributed by atoms with Crippen LogP contribution in [0.3, 0.4) is 0 Å². The maximum atomic E-state index is 11.0. The Balaban J connectivity index is 2.12. The van der Waals surface area contributed by atoms with Gasteiger partial charge in [0.25, 0.3) is 0 Å². The van der Waals surface area contributed by atoms with Gasteiger partial charge < -0.3 is 9.84 Å². The highest BCUT2D eigenvalue weighted by molar-refractivity contribution is 9.10. The summed E-state index contributed by atoms with van der Waals surface area (Å²) in [4.78, 5) is 15.3. The molecule has 1 N–H and O–H groups in total. The molecular weight excluding hydrogens is 310 g/mol. The average Bonchev–Trinajstić information content (AvgIpc) is 2.37. The molecule has 0 unspecified atom stereocenters. The van der Waals surface area contributed by atoms with Crippen molar-refractivity contribution in [2.24, 2.45) is 0 Å². The molecule has 0 saturated heterocycles. The van der Waals surface area contributed by atoms with Crippen molar-refractivity contribution in [3.8, 4) is 5.75 Å². The molecule has 1 aromatic heterocycles. The zero-order chi connectivity index (χ0) is 13.8. The lowest BCUT2D eigenvalue weighted by molar-refractivity contribution is 0.0695. The van der Waals surface area contributed by atoms with Crippen molar-refractivity contribution in [3.05, 3.63) is 57.8 Å². The van der Waals surface area contributed by atoms with E-state index in [0.29, 0.717) is 16.8 Å². The monoisotopic (exact) mass is 321 g/mol. The number of aromatic nitrogens is 1. The largest absolute Gasteiger partial charge is 0.487 e. The van der Waals surface area contributed by atoms with E-state index in [9.17, 15) is 4.79 Å². The fourth-order valence-electron chi connectivity index (χ4n) is 1.60. The zero-order valence-corrected chi connectivity index (χ0v) is 11.8. The number of rotatable bonds is 4. The van der Waals surface area contributed by atoms with Crippen LogP contribution in [-0.4, -0.2) is 16.1 Å². The third-order valence-corrected chi connectivity index (χ3v) is 3.19. The minimum absolute atomic E-state index is 0.176. The van der Waals surface area contributed by atoms with Crippen LogP contribution in [0, 0.1) is 6.92 Å². The number of carboxylic acid groups (broad SMARTS) is 1. The Morgan fingerprint density at radius 3 is 2.84 bits per heavy atom. The van der Waals surface area contributed by atoms with Crippen molar-refractivity contribution in [2.75, 3.05) is 0 Å². The highest BCUT2D eigenvalue weighted by Crippen LogP contribution is 2.23. The number of hydrogen-bond acceptors (Lipinski definition) is 3. The van der Waals surface area contributed by atoms with Gasteiger partial charge >= 0.3 is 5.97 Å². The molecule has 0 atom stereocenters. The van der Waals surface area contributed by atoms with Gasteiger partial charge in [-0.1, -0.05) is 6.07 Å². The van der Waals surface area contributed by atoms with Gasteiger partial charge in [-0.15, -0.1) is 0 Å². The molecule has 1 heterocycles. The van der Waals surface area contributed by atoms with E-state index >= 15 is 0 Å². The van der Waals surface area contributed by atoms with Gasteiger partial charge in [-0.25, -0.2) is 4.79 Å². The van der Waals surface area contributed by atoms with Gasteiger partial charge in [0.1, 0.15) is 12.4 Å². The van der Waals surface area contributed by atoms with E-state index in [1.54, 1.807) is 12.1 Å². The van der Waals surface area contributed by atoms with Gasteiger partial charge in [0.05, 0.1) is 11.3 Å². The molecule has 0 aliphatic carbocycles. The molecule has 0 aliphatic rings. The quantitative estimate of drug-likeness (QED) is 0.937. The van der Waals surface area contributed by atoms with Gasteiger partial charge in [0, 0.05) is 10.2 Å². The first-order valence-electron chi connectivity index (χ1n) is 5.64. The molecule has 98 valence electrons. The molecule has 19 heavy (non-hydrogen) atoms. The van der Waals surface area contributed by atoms with Gasteiger partial charge in [0.15, 0.2) is 0 Å². The van der Waals surface area contributed by atoms with Crippen molar-refractivity contribution < 1.29 is 14.6 Å². The number of halogens is 1. The van der Waals surface area contributed by atoms with E-state index in [2.05, 4.69) is 20.9 Å². The Morgan fingerprint density at radius 1 is 1.37 bits per heavy atom. The first-order chi connectivity index (χ1) is 9.06. The molecular formula is C14H12BrNO3. The second kappa shape index (κ2) is 5.84. The molecule has 0 saturated carbocycles. The second-order valence-electron chi connectivity index (χ2n) is 4.01. The lowest BCUT2D eigenvalue weighted by atomic mass is 10.2. The van der Waals surface area contributed by atoms with E-state index in [-0.39, 0.29) is 5.56 Å². The van der Waals surface area contributed by atoms with E-state index < -0.39 is 5.97 Å². The van der Waals surface area contributed by atoms with Crippen LogP contribution in [0.5, 0.6) is 5.75 Å². The molecule has 2 rings (SSSR count). The summed E-state index contributed by atoms with van der Waals surface area (Å²) in [5.41, 5.74) is 1.90. The van der Waals surface area contributed by atoms with Crippen molar-refractivity contribution in [2.45, 2.75) is 13.5 Å². The van der Waals surface area contributed by atoms with Crippen LogP contribution in [-0.2, 0) is 6.61 Å². The Labute approximate surface area is 119 Å². The van der Waals surface area contributed by atoms with Crippen LogP contribution in [0.2, 0.25) is 0 Å². The van der Waals surface area contributed by atoms with Crippen LogP contribution in [0.1, 0.15) is 21.7 Å². The van der Waals surface area contributed by atoms with Gasteiger partial charge in [-0.05, 0) is 53.2 Å². The van der Waals surface area contributed by atoms with E-state index in [0.717, 1.165) is 11.4 Å². The number of hydrogen-bond donors (Lipinski definition) is 1. The van der Waals surface area contributed by atoms with Crippen LogP contribution >= 0.6 is 15.9 Å². The van der Waals surface area contributed by atoms with Crippen molar-refractivity contribution in [1.82, 2.24) is 4.98 Å². The summed E-state index contributed by atoms with van der Waals surface area (Å²) >= 11 is 3.19. The summed E-state index contributed by atoms with van der Waals surface area (Å²) in [6, 6.07) is 10.5. The number of pyridine rings is 1.